The number of sulfonamides is 1. The van der Waals surface area contributed by atoms with Crippen molar-refractivity contribution in [1.82, 2.24) is 9.88 Å². The third-order valence-corrected chi connectivity index (χ3v) is 5.97. The normalized spacial score (nSPS) is 16.8. The van der Waals surface area contributed by atoms with Gasteiger partial charge in [-0.05, 0) is 42.5 Å². The average Bonchev–Trinajstić information content (AvgIpc) is 3.15. The maximum Gasteiger partial charge on any atom is 0.287 e. The molecule has 7 nitrogen and oxygen atoms in total. The number of hydrogen-bond acceptors (Lipinski definition) is 6. The molecule has 2 heterocycles. The van der Waals surface area contributed by atoms with E-state index in [1.807, 2.05) is 0 Å². The molecular weight excluding hydrogens is 344 g/mol. The lowest BCUT2D eigenvalue weighted by Gasteiger charge is -2.07. The van der Waals surface area contributed by atoms with Gasteiger partial charge in [0.15, 0.2) is 5.69 Å². The molecule has 1 aromatic heterocycles. The molecule has 0 bridgehead atoms. The monoisotopic (exact) mass is 362 g/mol. The molecule has 1 aromatic carbocycles. The molecule has 0 unspecified atom stereocenters. The maximum absolute atomic E-state index is 12.5. The number of rotatable bonds is 3. The van der Waals surface area contributed by atoms with Crippen LogP contribution in [-0.4, -0.2) is 19.5 Å². The van der Waals surface area contributed by atoms with Gasteiger partial charge in [-0.25, -0.2) is 13.1 Å². The summed E-state index contributed by atoms with van der Waals surface area (Å²) in [4.78, 5) is 12.5. The lowest BCUT2D eigenvalue weighted by molar-refractivity contribution is 0.0971. The van der Waals surface area contributed by atoms with Crippen molar-refractivity contribution in [1.29, 1.82) is 0 Å². The molecule has 1 N–H and O–H groups in total. The van der Waals surface area contributed by atoms with Crippen LogP contribution in [0.5, 0.6) is 0 Å². The summed E-state index contributed by atoms with van der Waals surface area (Å²) in [6.45, 7) is 0.858. The molecule has 0 saturated carbocycles. The van der Waals surface area contributed by atoms with Gasteiger partial charge in [-0.15, -0.1) is 0 Å². The van der Waals surface area contributed by atoms with Crippen molar-refractivity contribution in [3.8, 4) is 0 Å². The highest BCUT2D eigenvalue weighted by Crippen LogP contribution is 2.25. The van der Waals surface area contributed by atoms with Gasteiger partial charge < -0.3 is 9.26 Å². The number of aromatic nitrogens is 1. The van der Waals surface area contributed by atoms with E-state index < -0.39 is 15.9 Å². The first-order valence-corrected chi connectivity index (χ1v) is 9.77. The molecule has 132 valence electrons. The molecule has 1 amide bonds. The zero-order valence-corrected chi connectivity index (χ0v) is 14.4. The van der Waals surface area contributed by atoms with Crippen molar-refractivity contribution in [2.24, 2.45) is 0 Å². The molecule has 25 heavy (non-hydrogen) atoms. The minimum atomic E-state index is -3.98. The zero-order valence-electron chi connectivity index (χ0n) is 13.6. The fourth-order valence-corrected chi connectivity index (χ4v) is 4.29. The number of carbonyl (C=O) groups is 1. The van der Waals surface area contributed by atoms with Crippen LogP contribution in [-0.2, 0) is 40.8 Å². The Hall–Kier alpha value is -2.19. The standard InChI is InChI=1S/C17H18N2O5S/c20-17(16-14-4-2-1-3-5-15(14)24-18-16)19-25(21,22)13-7-6-11-9-23-10-12(11)8-13/h6-8H,1-5,9-10H2,(H,19,20). The molecule has 0 atom stereocenters. The summed E-state index contributed by atoms with van der Waals surface area (Å²) in [7, 11) is -3.98. The zero-order chi connectivity index (χ0) is 17.4. The van der Waals surface area contributed by atoms with E-state index in [-0.39, 0.29) is 10.6 Å². The van der Waals surface area contributed by atoms with E-state index in [0.717, 1.165) is 42.4 Å². The number of nitrogens with zero attached hydrogens (tertiary/aromatic N) is 1. The van der Waals surface area contributed by atoms with Crippen LogP contribution in [0.3, 0.4) is 0 Å². The van der Waals surface area contributed by atoms with Crippen molar-refractivity contribution < 1.29 is 22.5 Å². The Morgan fingerprint density at radius 3 is 2.76 bits per heavy atom. The maximum atomic E-state index is 12.5. The van der Waals surface area contributed by atoms with E-state index in [4.69, 9.17) is 9.26 Å². The first-order valence-electron chi connectivity index (χ1n) is 8.29. The molecule has 0 radical (unpaired) electrons. The van der Waals surface area contributed by atoms with Crippen molar-refractivity contribution in [2.45, 2.75) is 50.2 Å². The third-order valence-electron chi connectivity index (χ3n) is 4.65. The predicted octanol–water partition coefficient (Wildman–Crippen LogP) is 2.09. The molecule has 0 fully saturated rings. The summed E-state index contributed by atoms with van der Waals surface area (Å²) in [5, 5.41) is 3.80. The Labute approximate surface area is 145 Å². The summed E-state index contributed by atoms with van der Waals surface area (Å²) in [5.41, 5.74) is 2.59. The SMILES string of the molecule is O=C(NS(=O)(=O)c1ccc2c(c1)COC2)c1noc2c1CCCCC2. The van der Waals surface area contributed by atoms with E-state index >= 15 is 0 Å². The summed E-state index contributed by atoms with van der Waals surface area (Å²) in [6.07, 6.45) is 4.39. The van der Waals surface area contributed by atoms with Gasteiger partial charge >= 0.3 is 0 Å². The van der Waals surface area contributed by atoms with Crippen molar-refractivity contribution in [3.05, 3.63) is 46.3 Å². The van der Waals surface area contributed by atoms with E-state index in [1.54, 1.807) is 12.1 Å². The third kappa shape index (κ3) is 3.07. The predicted molar refractivity (Wildman–Crippen MR) is 87.3 cm³/mol. The van der Waals surface area contributed by atoms with E-state index in [2.05, 4.69) is 9.88 Å². The Morgan fingerprint density at radius 1 is 1.08 bits per heavy atom. The van der Waals surface area contributed by atoms with Crippen LogP contribution in [0.25, 0.3) is 0 Å². The smallest absolute Gasteiger partial charge is 0.287 e. The van der Waals surface area contributed by atoms with Crippen LogP contribution in [0.15, 0.2) is 27.6 Å². The van der Waals surface area contributed by atoms with Crippen LogP contribution in [0.1, 0.15) is 52.2 Å². The second-order valence-corrected chi connectivity index (χ2v) is 8.03. The van der Waals surface area contributed by atoms with Gasteiger partial charge in [0, 0.05) is 12.0 Å². The topological polar surface area (TPSA) is 98.5 Å². The highest BCUT2D eigenvalue weighted by Gasteiger charge is 2.27. The van der Waals surface area contributed by atoms with Crippen LogP contribution in [0.2, 0.25) is 0 Å². The number of hydrogen-bond donors (Lipinski definition) is 1. The number of nitrogens with one attached hydrogen (secondary N) is 1. The minimum absolute atomic E-state index is 0.0414. The summed E-state index contributed by atoms with van der Waals surface area (Å²) >= 11 is 0. The fourth-order valence-electron chi connectivity index (χ4n) is 3.28. The van der Waals surface area contributed by atoms with Crippen LogP contribution >= 0.6 is 0 Å². The van der Waals surface area contributed by atoms with Crippen molar-refractivity contribution in [2.75, 3.05) is 0 Å². The number of aryl methyl sites for hydroxylation is 1. The van der Waals surface area contributed by atoms with Crippen molar-refractivity contribution in [3.63, 3.8) is 0 Å². The van der Waals surface area contributed by atoms with Crippen LogP contribution < -0.4 is 4.72 Å². The largest absolute Gasteiger partial charge is 0.372 e. The fraction of sp³-hybridized carbons (Fsp3) is 0.412. The van der Waals surface area contributed by atoms with Gasteiger partial charge in [-0.1, -0.05) is 17.6 Å². The molecule has 0 spiro atoms. The number of ether oxygens (including phenoxy) is 1. The summed E-state index contributed by atoms with van der Waals surface area (Å²) in [5.74, 6) is -0.0571. The molecule has 1 aliphatic carbocycles. The van der Waals surface area contributed by atoms with Gasteiger partial charge in [0.05, 0.1) is 18.1 Å². The Morgan fingerprint density at radius 2 is 1.88 bits per heavy atom. The molecule has 8 heteroatoms. The Balaban J connectivity index is 1.59. The van der Waals surface area contributed by atoms with E-state index in [1.165, 1.54) is 6.07 Å². The molecular formula is C17H18N2O5S. The quantitative estimate of drug-likeness (QED) is 0.840. The summed E-state index contributed by atoms with van der Waals surface area (Å²) in [6, 6.07) is 4.73. The Kier molecular flexibility index (Phi) is 4.09. The molecule has 2 aliphatic rings. The van der Waals surface area contributed by atoms with Crippen LogP contribution in [0, 0.1) is 0 Å². The lowest BCUT2D eigenvalue weighted by Crippen LogP contribution is -2.31. The molecule has 1 aliphatic heterocycles. The van der Waals surface area contributed by atoms with Gasteiger partial charge in [0.1, 0.15) is 5.76 Å². The second-order valence-electron chi connectivity index (χ2n) is 6.35. The number of amides is 1. The highest BCUT2D eigenvalue weighted by molar-refractivity contribution is 7.90. The second kappa shape index (κ2) is 6.27. The minimum Gasteiger partial charge on any atom is -0.372 e. The van der Waals surface area contributed by atoms with E-state index in [0.29, 0.717) is 25.4 Å². The van der Waals surface area contributed by atoms with Gasteiger partial charge in [-0.2, -0.15) is 0 Å². The first-order chi connectivity index (χ1) is 12.0. The van der Waals surface area contributed by atoms with Gasteiger partial charge in [0.2, 0.25) is 0 Å². The lowest BCUT2D eigenvalue weighted by atomic mass is 10.1. The highest BCUT2D eigenvalue weighted by atomic mass is 32.2. The number of benzene rings is 1. The van der Waals surface area contributed by atoms with Gasteiger partial charge in [-0.3, -0.25) is 4.79 Å². The molecule has 0 saturated heterocycles. The molecule has 2 aromatic rings. The molecule has 4 rings (SSSR count). The van der Waals surface area contributed by atoms with E-state index in [9.17, 15) is 13.2 Å². The summed E-state index contributed by atoms with van der Waals surface area (Å²) < 4.78 is 37.7. The Bertz CT molecular complexity index is 933. The first kappa shape index (κ1) is 16.3. The van der Waals surface area contributed by atoms with Crippen LogP contribution in [0.4, 0.5) is 0 Å². The van der Waals surface area contributed by atoms with Crippen molar-refractivity contribution >= 4 is 15.9 Å². The number of carbonyl (C=O) groups excluding carboxylic acids is 1. The average molecular weight is 362 g/mol. The van der Waals surface area contributed by atoms with Gasteiger partial charge in [0.25, 0.3) is 15.9 Å². The number of fused-ring (bicyclic) bond motifs is 2.